The molecule has 218 valence electrons. The first-order valence-electron chi connectivity index (χ1n) is 15.0. The van der Waals surface area contributed by atoms with Crippen LogP contribution in [-0.4, -0.2) is 67.5 Å². The van der Waals surface area contributed by atoms with Crippen LogP contribution in [0.15, 0.2) is 79.4 Å². The molecule has 1 saturated heterocycles. The molecule has 1 saturated carbocycles. The number of allylic oxidation sites excluding steroid dienone is 2. The van der Waals surface area contributed by atoms with E-state index in [1.54, 1.807) is 23.5 Å². The molecule has 2 aliphatic carbocycles. The van der Waals surface area contributed by atoms with Crippen LogP contribution in [0.3, 0.4) is 0 Å². The average molecular weight is 570 g/mol. The second-order valence-corrected chi connectivity index (χ2v) is 12.2. The minimum atomic E-state index is -0.112. The molecule has 1 aromatic heterocycles. The number of piperazine rings is 1. The van der Waals surface area contributed by atoms with Gasteiger partial charge in [-0.25, -0.2) is 9.71 Å². The Kier molecular flexibility index (Phi) is 6.90. The molecular formula is C32H38FN8O+. The summed E-state index contributed by atoms with van der Waals surface area (Å²) in [5, 5.41) is 9.95. The van der Waals surface area contributed by atoms with Crippen LogP contribution >= 0.6 is 0 Å². The van der Waals surface area contributed by atoms with E-state index in [-0.39, 0.29) is 23.1 Å². The third-order valence-electron chi connectivity index (χ3n) is 9.52. The Morgan fingerprint density at radius 2 is 2.05 bits per heavy atom. The highest BCUT2D eigenvalue weighted by Crippen LogP contribution is 2.59. The van der Waals surface area contributed by atoms with Crippen LogP contribution in [0, 0.1) is 23.1 Å². The number of nitrogens with one attached hydrogen (secondary N) is 1. The fraction of sp³-hybridized carbons (Fsp3) is 0.438. The van der Waals surface area contributed by atoms with E-state index >= 15 is 0 Å². The summed E-state index contributed by atoms with van der Waals surface area (Å²) in [6.45, 7) is 6.75. The molecule has 4 heterocycles. The Balaban J connectivity index is 0.931. The predicted octanol–water partition coefficient (Wildman–Crippen LogP) is 3.20. The molecule has 1 aromatic carbocycles. The van der Waals surface area contributed by atoms with Gasteiger partial charge in [-0.2, -0.15) is 9.98 Å². The molecule has 2 fully saturated rings. The number of benzene rings is 1. The standard InChI is InChI=1S/C32H37FN8O/c1-20(25-18-26-23(19-36-25)30(39-31(35)37-26)38-29(34)28-3-2-16-42-28)8-11-40-12-14-41(15-13-40)27-17-22(6-7-24(27)33)32(9-10-32)21-4-5-21/h2-7,16-17,19-21,25H,8-15,18H2,1H3,(H4,34,35,37,38,39)/p+1. The van der Waals surface area contributed by atoms with Gasteiger partial charge in [0.1, 0.15) is 5.82 Å². The molecule has 0 bridgehead atoms. The van der Waals surface area contributed by atoms with E-state index in [2.05, 4.69) is 44.9 Å². The quantitative estimate of drug-likeness (QED) is 0.257. The minimum absolute atomic E-state index is 0.0367. The van der Waals surface area contributed by atoms with Crippen molar-refractivity contribution in [2.45, 2.75) is 44.1 Å². The van der Waals surface area contributed by atoms with E-state index in [0.717, 1.165) is 56.1 Å². The van der Waals surface area contributed by atoms with Crippen LogP contribution in [0.1, 0.15) is 43.9 Å². The van der Waals surface area contributed by atoms with Crippen molar-refractivity contribution in [2.75, 3.05) is 37.6 Å². The van der Waals surface area contributed by atoms with Gasteiger partial charge in [0, 0.05) is 50.1 Å². The topological polar surface area (TPSA) is 123 Å². The van der Waals surface area contributed by atoms with E-state index in [1.807, 2.05) is 12.3 Å². The van der Waals surface area contributed by atoms with E-state index < -0.39 is 0 Å². The van der Waals surface area contributed by atoms with Crippen LogP contribution in [0.2, 0.25) is 0 Å². The lowest BCUT2D eigenvalue weighted by molar-refractivity contribution is -0.409. The number of rotatable bonds is 8. The summed E-state index contributed by atoms with van der Waals surface area (Å²) in [7, 11) is 0. The number of hydrogen-bond donors (Lipinski definition) is 3. The van der Waals surface area contributed by atoms with Gasteiger partial charge in [-0.3, -0.25) is 15.3 Å². The summed E-state index contributed by atoms with van der Waals surface area (Å²) in [5.74, 6) is 2.23. The van der Waals surface area contributed by atoms with Crippen molar-refractivity contribution >= 4 is 29.5 Å². The Hall–Kier alpha value is -3.89. The fourth-order valence-corrected chi connectivity index (χ4v) is 6.59. The molecule has 42 heavy (non-hydrogen) atoms. The highest BCUT2D eigenvalue weighted by molar-refractivity contribution is 6.18. The molecule has 0 radical (unpaired) electrons. The molecule has 2 aromatic rings. The van der Waals surface area contributed by atoms with E-state index in [1.165, 1.54) is 24.7 Å². The van der Waals surface area contributed by atoms with Crippen LogP contribution in [0.25, 0.3) is 0 Å². The number of anilines is 1. The summed E-state index contributed by atoms with van der Waals surface area (Å²) < 4.78 is 20.2. The molecule has 2 atom stereocenters. The van der Waals surface area contributed by atoms with Gasteiger partial charge < -0.3 is 15.1 Å². The molecule has 0 spiro atoms. The third kappa shape index (κ3) is 5.25. The SMILES string of the molecule is CC(CCN1CCN(c2cc(C3(C4C=C4)CC3)ccc2F)CC1)C1CC2=C(C=N1)C(=NC(=N)c1ccco1)[NH2+]C(N)=N2. The molecule has 7 rings (SSSR count). The number of halogens is 1. The summed E-state index contributed by atoms with van der Waals surface area (Å²) >= 11 is 0. The second-order valence-electron chi connectivity index (χ2n) is 12.2. The number of nitrogens with zero attached hydrogens (tertiary/aromatic N) is 5. The second kappa shape index (κ2) is 10.7. The number of quaternary nitrogens is 1. The Morgan fingerprint density at radius 1 is 1.24 bits per heavy atom. The smallest absolute Gasteiger partial charge is 0.303 e. The van der Waals surface area contributed by atoms with Crippen LogP contribution in [-0.2, 0) is 5.41 Å². The van der Waals surface area contributed by atoms with Gasteiger partial charge in [-0.1, -0.05) is 25.1 Å². The highest BCUT2D eigenvalue weighted by atomic mass is 19.1. The van der Waals surface area contributed by atoms with Gasteiger partial charge in [0.2, 0.25) is 5.84 Å². The van der Waals surface area contributed by atoms with Crippen molar-refractivity contribution in [2.24, 2.45) is 32.5 Å². The number of nitrogens with two attached hydrogens (primary N) is 2. The fourth-order valence-electron chi connectivity index (χ4n) is 6.59. The van der Waals surface area contributed by atoms with E-state index in [9.17, 15) is 4.39 Å². The van der Waals surface area contributed by atoms with Gasteiger partial charge in [0.05, 0.1) is 29.3 Å². The Morgan fingerprint density at radius 3 is 2.76 bits per heavy atom. The monoisotopic (exact) mass is 569 g/mol. The first kappa shape index (κ1) is 27.0. The summed E-state index contributed by atoms with van der Waals surface area (Å²) in [6, 6.07) is 9.35. The van der Waals surface area contributed by atoms with Gasteiger partial charge in [-0.05, 0) is 61.6 Å². The van der Waals surface area contributed by atoms with Gasteiger partial charge in [0.25, 0.3) is 0 Å². The van der Waals surface area contributed by atoms with Crippen LogP contribution in [0.5, 0.6) is 0 Å². The van der Waals surface area contributed by atoms with Crippen molar-refractivity contribution < 1.29 is 14.1 Å². The van der Waals surface area contributed by atoms with E-state index in [0.29, 0.717) is 35.8 Å². The zero-order chi connectivity index (χ0) is 28.8. The molecule has 5 N–H and O–H groups in total. The van der Waals surface area contributed by atoms with Gasteiger partial charge in [-0.15, -0.1) is 0 Å². The Bertz CT molecular complexity index is 1520. The minimum Gasteiger partial charge on any atom is -0.461 e. The predicted molar refractivity (Wildman–Crippen MR) is 163 cm³/mol. The zero-order valence-corrected chi connectivity index (χ0v) is 24.0. The molecule has 0 amide bonds. The average Bonchev–Trinajstić information content (AvgIpc) is 3.93. The number of guanidine groups is 1. The normalized spacial score (nSPS) is 25.0. The summed E-state index contributed by atoms with van der Waals surface area (Å²) in [6.07, 6.45) is 12.0. The summed E-state index contributed by atoms with van der Waals surface area (Å²) in [5.41, 5.74) is 10.1. The van der Waals surface area contributed by atoms with Crippen molar-refractivity contribution in [1.29, 1.82) is 5.41 Å². The number of aliphatic imine (C=N–C) groups is 3. The highest BCUT2D eigenvalue weighted by Gasteiger charge is 2.52. The molecule has 10 heteroatoms. The third-order valence-corrected chi connectivity index (χ3v) is 9.52. The number of amidine groups is 2. The molecule has 9 nitrogen and oxygen atoms in total. The maximum atomic E-state index is 14.9. The molecular weight excluding hydrogens is 531 g/mol. The van der Waals surface area contributed by atoms with Crippen molar-refractivity contribution in [3.63, 3.8) is 0 Å². The lowest BCUT2D eigenvalue weighted by Crippen LogP contribution is -2.95. The maximum absolute atomic E-state index is 14.9. The maximum Gasteiger partial charge on any atom is 0.303 e. The molecule has 5 aliphatic rings. The van der Waals surface area contributed by atoms with Crippen molar-refractivity contribution in [1.82, 2.24) is 4.90 Å². The van der Waals surface area contributed by atoms with Crippen LogP contribution < -0.4 is 16.0 Å². The first-order valence-corrected chi connectivity index (χ1v) is 15.0. The Labute approximate surface area is 245 Å². The van der Waals surface area contributed by atoms with Crippen molar-refractivity contribution in [3.8, 4) is 0 Å². The van der Waals surface area contributed by atoms with Crippen LogP contribution in [0.4, 0.5) is 10.1 Å². The lowest BCUT2D eigenvalue weighted by atomic mass is 9.89. The largest absolute Gasteiger partial charge is 0.461 e. The van der Waals surface area contributed by atoms with Gasteiger partial charge in [0.15, 0.2) is 11.6 Å². The number of hydrogen-bond acceptors (Lipinski definition) is 7. The molecule has 3 aliphatic heterocycles. The zero-order valence-electron chi connectivity index (χ0n) is 24.0. The number of furan rings is 1. The van der Waals surface area contributed by atoms with E-state index in [4.69, 9.17) is 20.6 Å². The lowest BCUT2D eigenvalue weighted by Gasteiger charge is -2.37. The van der Waals surface area contributed by atoms with Crippen molar-refractivity contribution in [3.05, 3.63) is 77.2 Å². The molecule has 2 unspecified atom stereocenters. The summed E-state index contributed by atoms with van der Waals surface area (Å²) in [4.78, 5) is 18.6. The number of dihydropyridines is 1. The first-order chi connectivity index (χ1) is 20.4. The van der Waals surface area contributed by atoms with Gasteiger partial charge >= 0.3 is 5.96 Å².